The van der Waals surface area contributed by atoms with E-state index in [1.807, 2.05) is 0 Å². The van der Waals surface area contributed by atoms with Crippen LogP contribution in [0.2, 0.25) is 0 Å². The van der Waals surface area contributed by atoms with E-state index in [1.165, 1.54) is 6.92 Å². The van der Waals surface area contributed by atoms with Crippen LogP contribution in [0, 0.1) is 11.3 Å². The third kappa shape index (κ3) is 4.18. The molecule has 0 heterocycles. The molecule has 0 bridgehead atoms. The average Bonchev–Trinajstić information content (AvgIpc) is 2.20. The van der Waals surface area contributed by atoms with Crippen molar-refractivity contribution in [1.29, 1.82) is 5.41 Å². The molecule has 0 rings (SSSR count). The van der Waals surface area contributed by atoms with Gasteiger partial charge in [0.1, 0.15) is 0 Å². The first-order valence-corrected chi connectivity index (χ1v) is 8.62. The van der Waals surface area contributed by atoms with Crippen LogP contribution in [0.1, 0.15) is 26.7 Å². The molecule has 0 amide bonds. The Hall–Kier alpha value is -0.110. The number of hydrogen-bond donors (Lipinski definition) is 7. The highest BCUT2D eigenvalue weighted by Gasteiger charge is 2.63. The second kappa shape index (κ2) is 6.11. The Morgan fingerprint density at radius 2 is 1.58 bits per heavy atom. The van der Waals surface area contributed by atoms with Gasteiger partial charge in [0, 0.05) is 5.71 Å². The van der Waals surface area contributed by atoms with E-state index in [4.69, 9.17) is 30.7 Å². The molecule has 9 nitrogen and oxygen atoms in total. The van der Waals surface area contributed by atoms with Gasteiger partial charge in [0.05, 0.1) is 6.04 Å². The molecule has 11 heteroatoms. The van der Waals surface area contributed by atoms with E-state index >= 15 is 0 Å². The fraction of sp³-hybridized carbons (Fsp3) is 0.875. The molecule has 19 heavy (non-hydrogen) atoms. The van der Waals surface area contributed by atoms with Gasteiger partial charge in [-0.3, -0.25) is 9.13 Å². The molecule has 0 aromatic rings. The van der Waals surface area contributed by atoms with Crippen LogP contribution in [-0.2, 0) is 9.13 Å². The Bertz CT molecular complexity index is 407. The average molecular weight is 318 g/mol. The van der Waals surface area contributed by atoms with Crippen molar-refractivity contribution in [3.8, 4) is 0 Å². The van der Waals surface area contributed by atoms with Crippen LogP contribution in [0.25, 0.3) is 0 Å². The Balaban J connectivity index is 5.18. The van der Waals surface area contributed by atoms with E-state index in [1.54, 1.807) is 6.92 Å². The first-order chi connectivity index (χ1) is 8.25. The van der Waals surface area contributed by atoms with Crippen LogP contribution in [0.4, 0.5) is 0 Å². The van der Waals surface area contributed by atoms with Gasteiger partial charge in [-0.2, -0.15) is 0 Å². The number of rotatable bonds is 7. The van der Waals surface area contributed by atoms with Crippen molar-refractivity contribution in [2.75, 3.05) is 0 Å². The van der Waals surface area contributed by atoms with E-state index < -0.39 is 26.3 Å². The van der Waals surface area contributed by atoms with Gasteiger partial charge in [0.25, 0.3) is 5.08 Å². The lowest BCUT2D eigenvalue weighted by atomic mass is 9.98. The SMILES string of the molecule is CC(=N)C(C)CCC(N)C(O)(P(=O)(O)O)P(=O)(O)O. The summed E-state index contributed by atoms with van der Waals surface area (Å²) in [6.45, 7) is 3.18. The molecule has 0 aromatic heterocycles. The molecule has 8 N–H and O–H groups in total. The van der Waals surface area contributed by atoms with Crippen LogP contribution < -0.4 is 5.73 Å². The predicted octanol–water partition coefficient (Wildman–Crippen LogP) is -0.229. The lowest BCUT2D eigenvalue weighted by Gasteiger charge is -2.34. The summed E-state index contributed by atoms with van der Waals surface area (Å²) in [5.74, 6) is -0.274. The normalized spacial score (nSPS) is 17.1. The minimum absolute atomic E-state index is 0.165. The van der Waals surface area contributed by atoms with Gasteiger partial charge >= 0.3 is 15.2 Å². The summed E-state index contributed by atoms with van der Waals surface area (Å²) >= 11 is 0. The Morgan fingerprint density at radius 1 is 1.21 bits per heavy atom. The fourth-order valence-corrected chi connectivity index (χ4v) is 3.92. The minimum Gasteiger partial charge on any atom is -0.366 e. The molecule has 0 saturated carbocycles. The van der Waals surface area contributed by atoms with Gasteiger partial charge < -0.3 is 35.8 Å². The van der Waals surface area contributed by atoms with E-state index in [0.29, 0.717) is 5.71 Å². The second-order valence-electron chi connectivity index (χ2n) is 4.54. The molecule has 0 saturated heterocycles. The van der Waals surface area contributed by atoms with Crippen LogP contribution in [0.15, 0.2) is 0 Å². The highest BCUT2D eigenvalue weighted by Crippen LogP contribution is 2.68. The van der Waals surface area contributed by atoms with Crippen LogP contribution in [0.3, 0.4) is 0 Å². The van der Waals surface area contributed by atoms with Gasteiger partial charge in [-0.15, -0.1) is 0 Å². The third-order valence-electron chi connectivity index (χ3n) is 3.00. The molecule has 0 aliphatic heterocycles. The molecule has 2 unspecified atom stereocenters. The lowest BCUT2D eigenvalue weighted by Crippen LogP contribution is -2.47. The third-order valence-corrected chi connectivity index (χ3v) is 6.95. The Labute approximate surface area is 110 Å². The molecule has 0 radical (unpaired) electrons. The molecule has 0 fully saturated rings. The zero-order valence-corrected chi connectivity index (χ0v) is 12.4. The standard InChI is InChI=1S/C8H20N2O7P2/c1-5(6(2)9)3-4-7(10)8(11,18(12,13)14)19(15,16)17/h5,7,9,11H,3-4,10H2,1-2H3,(H2,12,13,14)(H2,15,16,17). The second-order valence-corrected chi connectivity index (χ2v) is 8.44. The van der Waals surface area contributed by atoms with Crippen molar-refractivity contribution in [1.82, 2.24) is 0 Å². The van der Waals surface area contributed by atoms with Gasteiger partial charge in [-0.05, 0) is 25.7 Å². The van der Waals surface area contributed by atoms with Crippen LogP contribution in [-0.4, -0.2) is 41.5 Å². The highest BCUT2D eigenvalue weighted by atomic mass is 31.2. The summed E-state index contributed by atoms with van der Waals surface area (Å²) in [5, 5.41) is 13.4. The van der Waals surface area contributed by atoms with Gasteiger partial charge in [-0.25, -0.2) is 0 Å². The zero-order valence-electron chi connectivity index (χ0n) is 10.6. The molecular weight excluding hydrogens is 298 g/mol. The van der Waals surface area contributed by atoms with Crippen LogP contribution >= 0.6 is 15.2 Å². The number of nitrogens with one attached hydrogen (secondary N) is 1. The lowest BCUT2D eigenvalue weighted by molar-refractivity contribution is 0.103. The minimum atomic E-state index is -5.54. The Morgan fingerprint density at radius 3 is 1.84 bits per heavy atom. The van der Waals surface area contributed by atoms with Crippen molar-refractivity contribution in [3.05, 3.63) is 0 Å². The molecule has 0 aliphatic carbocycles. The topological polar surface area (TPSA) is 185 Å². The van der Waals surface area contributed by atoms with Gasteiger partial charge in [-0.1, -0.05) is 6.92 Å². The smallest absolute Gasteiger partial charge is 0.366 e. The first kappa shape index (κ1) is 18.9. The molecule has 2 atom stereocenters. The maximum Gasteiger partial charge on any atom is 0.371 e. The first-order valence-electron chi connectivity index (χ1n) is 5.39. The molecule has 0 spiro atoms. The van der Waals surface area contributed by atoms with Crippen molar-refractivity contribution < 1.29 is 33.8 Å². The van der Waals surface area contributed by atoms with Crippen molar-refractivity contribution in [2.24, 2.45) is 11.7 Å². The van der Waals surface area contributed by atoms with Crippen molar-refractivity contribution in [2.45, 2.75) is 37.8 Å². The fourth-order valence-electron chi connectivity index (χ4n) is 1.44. The predicted molar refractivity (Wildman–Crippen MR) is 68.8 cm³/mol. The summed E-state index contributed by atoms with van der Waals surface area (Å²) in [6, 6.07) is -1.81. The largest absolute Gasteiger partial charge is 0.371 e. The number of aliphatic hydroxyl groups is 1. The number of nitrogens with two attached hydrogens (primary N) is 1. The quantitative estimate of drug-likeness (QED) is 0.248. The molecular formula is C8H20N2O7P2. The highest BCUT2D eigenvalue weighted by molar-refractivity contribution is 7.72. The maximum atomic E-state index is 11.1. The summed E-state index contributed by atoms with van der Waals surface area (Å²) in [4.78, 5) is 35.9. The van der Waals surface area contributed by atoms with Crippen molar-refractivity contribution in [3.63, 3.8) is 0 Å². The molecule has 114 valence electrons. The van der Waals surface area contributed by atoms with E-state index in [0.717, 1.165) is 0 Å². The zero-order chi connectivity index (χ0) is 15.6. The number of hydrogen-bond acceptors (Lipinski definition) is 5. The van der Waals surface area contributed by atoms with E-state index in [2.05, 4.69) is 0 Å². The van der Waals surface area contributed by atoms with E-state index in [-0.39, 0.29) is 18.8 Å². The molecule has 0 aliphatic rings. The van der Waals surface area contributed by atoms with Gasteiger partial charge in [0.2, 0.25) is 0 Å². The maximum absolute atomic E-state index is 11.1. The Kier molecular flexibility index (Phi) is 6.08. The van der Waals surface area contributed by atoms with Crippen LogP contribution in [0.5, 0.6) is 0 Å². The summed E-state index contributed by atoms with van der Waals surface area (Å²) in [6.07, 6.45) is -0.0804. The summed E-state index contributed by atoms with van der Waals surface area (Å²) < 4.78 is 22.3. The molecule has 0 aromatic carbocycles. The van der Waals surface area contributed by atoms with Gasteiger partial charge in [0.15, 0.2) is 0 Å². The van der Waals surface area contributed by atoms with E-state index in [9.17, 15) is 14.2 Å². The monoisotopic (exact) mass is 318 g/mol. The summed E-state index contributed by atoms with van der Waals surface area (Å²) in [7, 11) is -11.1. The summed E-state index contributed by atoms with van der Waals surface area (Å²) in [5.41, 5.74) is 5.66. The van der Waals surface area contributed by atoms with Crippen molar-refractivity contribution >= 4 is 20.9 Å².